The van der Waals surface area contributed by atoms with Gasteiger partial charge in [-0.15, -0.1) is 0 Å². The van der Waals surface area contributed by atoms with E-state index in [0.29, 0.717) is 38.0 Å². The number of rotatable bonds is 5. The number of amides is 5. The molecule has 0 atom stereocenters. The molecule has 0 aromatic carbocycles. The zero-order valence-corrected chi connectivity index (χ0v) is 20.6. The number of hydrogen-bond acceptors (Lipinski definition) is 8. The highest BCUT2D eigenvalue weighted by Crippen LogP contribution is 2.64. The number of hydrogen-bond donors (Lipinski definition) is 3. The molecule has 1 saturated heterocycles. The number of ether oxygens (including phenoxy) is 1. The number of nitrogens with zero attached hydrogens (tertiary/aromatic N) is 3. The van der Waals surface area contributed by atoms with Crippen LogP contribution in [0.1, 0.15) is 64.0 Å². The van der Waals surface area contributed by atoms with E-state index in [2.05, 4.69) is 10.3 Å². The molecule has 1 aromatic heterocycles. The summed E-state index contributed by atoms with van der Waals surface area (Å²) in [6.45, 7) is 2.16. The maximum absolute atomic E-state index is 13.2. The predicted molar refractivity (Wildman–Crippen MR) is 129 cm³/mol. The van der Waals surface area contributed by atoms with Crippen LogP contribution in [0.3, 0.4) is 0 Å². The number of nitrogens with two attached hydrogens (primary N) is 2. The first kappa shape index (κ1) is 24.1. The molecule has 5 amide bonds. The van der Waals surface area contributed by atoms with Gasteiger partial charge in [0.25, 0.3) is 11.8 Å². The third-order valence-electron chi connectivity index (χ3n) is 8.30. The minimum Gasteiger partial charge on any atom is -0.481 e. The first-order valence-corrected chi connectivity index (χ1v) is 12.5. The van der Waals surface area contributed by atoms with Crippen LogP contribution in [-0.4, -0.2) is 58.2 Å². The summed E-state index contributed by atoms with van der Waals surface area (Å²) in [4.78, 5) is 59.0. The van der Waals surface area contributed by atoms with Gasteiger partial charge in [0.15, 0.2) is 0 Å². The van der Waals surface area contributed by atoms with E-state index in [4.69, 9.17) is 16.2 Å². The summed E-state index contributed by atoms with van der Waals surface area (Å²) < 4.78 is 5.27. The van der Waals surface area contributed by atoms with E-state index in [-0.39, 0.29) is 35.3 Å². The monoisotopic (exact) mass is 496 g/mol. The van der Waals surface area contributed by atoms with Crippen LogP contribution in [0, 0.1) is 5.41 Å². The Balaban J connectivity index is 1.33. The molecule has 2 saturated carbocycles. The molecule has 4 aliphatic rings. The van der Waals surface area contributed by atoms with Crippen LogP contribution in [0.25, 0.3) is 0 Å². The third-order valence-corrected chi connectivity index (χ3v) is 8.30. The zero-order valence-electron chi connectivity index (χ0n) is 20.6. The second kappa shape index (κ2) is 8.49. The van der Waals surface area contributed by atoms with Crippen molar-refractivity contribution in [2.45, 2.75) is 69.7 Å². The molecule has 1 aromatic rings. The molecule has 5 N–H and O–H groups in total. The molecular weight excluding hydrogens is 464 g/mol. The van der Waals surface area contributed by atoms with Gasteiger partial charge in [-0.05, 0) is 56.4 Å². The van der Waals surface area contributed by atoms with Crippen molar-refractivity contribution in [1.82, 2.24) is 14.8 Å². The maximum atomic E-state index is 13.2. The van der Waals surface area contributed by atoms with Crippen molar-refractivity contribution >= 4 is 29.4 Å². The Labute approximate surface area is 209 Å². The normalized spacial score (nSPS) is 29.5. The summed E-state index contributed by atoms with van der Waals surface area (Å²) in [7, 11) is 1.55. The fraction of sp³-hybridized carbons (Fsp3) is 0.560. The molecule has 11 nitrogen and oxygen atoms in total. The molecule has 3 fully saturated rings. The van der Waals surface area contributed by atoms with Crippen molar-refractivity contribution < 1.29 is 23.9 Å². The Kier molecular flexibility index (Phi) is 5.68. The number of barbiturate groups is 1. The van der Waals surface area contributed by atoms with Gasteiger partial charge in [0.2, 0.25) is 11.8 Å². The number of fused-ring (bicyclic) bond motifs is 2. The van der Waals surface area contributed by atoms with Crippen molar-refractivity contribution in [3.05, 3.63) is 29.2 Å². The SMILES string of the molecule is CCCCN1C(=O)C(=C(N)N)C(=O)N(C2CCC3(CC2)CC2(C3)C(=O)Nc3ccc(OC)nc32)C1=O. The number of anilines is 1. The molecule has 0 radical (unpaired) electrons. The highest BCUT2D eigenvalue weighted by Gasteiger charge is 2.64. The Morgan fingerprint density at radius 3 is 2.44 bits per heavy atom. The number of unbranched alkanes of at least 4 members (excludes halogenated alkanes) is 1. The van der Waals surface area contributed by atoms with Crippen molar-refractivity contribution in [3.63, 3.8) is 0 Å². The van der Waals surface area contributed by atoms with E-state index >= 15 is 0 Å². The van der Waals surface area contributed by atoms with Gasteiger partial charge < -0.3 is 21.5 Å². The predicted octanol–water partition coefficient (Wildman–Crippen LogP) is 1.72. The summed E-state index contributed by atoms with van der Waals surface area (Å²) in [5, 5.41) is 2.96. The highest BCUT2D eigenvalue weighted by atomic mass is 16.5. The lowest BCUT2D eigenvalue weighted by Crippen LogP contribution is -2.62. The van der Waals surface area contributed by atoms with Crippen molar-refractivity contribution in [2.24, 2.45) is 16.9 Å². The van der Waals surface area contributed by atoms with Crippen molar-refractivity contribution in [1.29, 1.82) is 0 Å². The van der Waals surface area contributed by atoms with Gasteiger partial charge in [0.05, 0.1) is 23.9 Å². The van der Waals surface area contributed by atoms with Crippen LogP contribution < -0.4 is 21.5 Å². The summed E-state index contributed by atoms with van der Waals surface area (Å²) >= 11 is 0. The number of urea groups is 1. The van der Waals surface area contributed by atoms with E-state index in [1.165, 1.54) is 4.90 Å². The largest absolute Gasteiger partial charge is 0.481 e. The molecule has 0 bridgehead atoms. The Bertz CT molecular complexity index is 1170. The molecule has 192 valence electrons. The van der Waals surface area contributed by atoms with Gasteiger partial charge in [-0.1, -0.05) is 13.3 Å². The van der Waals surface area contributed by atoms with Gasteiger partial charge in [0, 0.05) is 18.7 Å². The van der Waals surface area contributed by atoms with Gasteiger partial charge in [-0.2, -0.15) is 0 Å². The number of imide groups is 2. The van der Waals surface area contributed by atoms with Gasteiger partial charge in [0.1, 0.15) is 11.4 Å². The molecule has 2 aliphatic heterocycles. The summed E-state index contributed by atoms with van der Waals surface area (Å²) in [5.41, 5.74) is 11.8. The Morgan fingerprint density at radius 2 is 1.83 bits per heavy atom. The maximum Gasteiger partial charge on any atom is 0.334 e. The average molecular weight is 497 g/mol. The molecule has 2 aliphatic carbocycles. The van der Waals surface area contributed by atoms with Crippen molar-refractivity contribution in [3.8, 4) is 5.88 Å². The van der Waals surface area contributed by atoms with Gasteiger partial charge >= 0.3 is 6.03 Å². The van der Waals surface area contributed by atoms with Crippen LogP contribution in [-0.2, 0) is 19.8 Å². The first-order chi connectivity index (χ1) is 17.2. The number of carbonyl (C=O) groups is 4. The van der Waals surface area contributed by atoms with Crippen LogP contribution in [0.5, 0.6) is 5.88 Å². The van der Waals surface area contributed by atoms with E-state index in [1.807, 2.05) is 13.0 Å². The molecule has 2 spiro atoms. The fourth-order valence-corrected chi connectivity index (χ4v) is 6.49. The number of pyridine rings is 1. The summed E-state index contributed by atoms with van der Waals surface area (Å²) in [6, 6.07) is 2.59. The van der Waals surface area contributed by atoms with Crippen LogP contribution in [0.15, 0.2) is 23.5 Å². The molecule has 0 unspecified atom stereocenters. The lowest BCUT2D eigenvalue weighted by Gasteiger charge is -2.56. The Hall–Kier alpha value is -3.63. The van der Waals surface area contributed by atoms with E-state index in [1.54, 1.807) is 13.2 Å². The average Bonchev–Trinajstić information content (AvgIpc) is 3.10. The number of nitrogens with one attached hydrogen (secondary N) is 1. The first-order valence-electron chi connectivity index (χ1n) is 12.5. The van der Waals surface area contributed by atoms with Gasteiger partial charge in [-0.25, -0.2) is 9.78 Å². The molecule has 11 heteroatoms. The fourth-order valence-electron chi connectivity index (χ4n) is 6.49. The van der Waals surface area contributed by atoms with Gasteiger partial charge in [-0.3, -0.25) is 24.2 Å². The topological polar surface area (TPSA) is 161 Å². The van der Waals surface area contributed by atoms with E-state index < -0.39 is 23.3 Å². The summed E-state index contributed by atoms with van der Waals surface area (Å²) in [5.74, 6) is -1.38. The van der Waals surface area contributed by atoms with Crippen LogP contribution >= 0.6 is 0 Å². The zero-order chi connectivity index (χ0) is 25.8. The van der Waals surface area contributed by atoms with Crippen LogP contribution in [0.4, 0.5) is 10.5 Å². The Morgan fingerprint density at radius 1 is 1.14 bits per heavy atom. The quantitative estimate of drug-likeness (QED) is 0.410. The lowest BCUT2D eigenvalue weighted by atomic mass is 9.47. The smallest absolute Gasteiger partial charge is 0.334 e. The minimum absolute atomic E-state index is 0.0364. The minimum atomic E-state index is -0.725. The van der Waals surface area contributed by atoms with E-state index in [9.17, 15) is 19.2 Å². The molecule has 5 rings (SSSR count). The molecule has 36 heavy (non-hydrogen) atoms. The highest BCUT2D eigenvalue weighted by molar-refractivity contribution is 6.29. The second-order valence-electron chi connectivity index (χ2n) is 10.5. The number of aromatic nitrogens is 1. The summed E-state index contributed by atoms with van der Waals surface area (Å²) in [6.07, 6.45) is 5.41. The molecule has 3 heterocycles. The number of carbonyl (C=O) groups excluding carboxylic acids is 4. The van der Waals surface area contributed by atoms with Crippen LogP contribution in [0.2, 0.25) is 0 Å². The molecular formula is C25H32N6O5. The number of methoxy groups -OCH3 is 1. The third kappa shape index (κ3) is 3.43. The van der Waals surface area contributed by atoms with E-state index in [0.717, 1.165) is 35.5 Å². The van der Waals surface area contributed by atoms with Crippen molar-refractivity contribution in [2.75, 3.05) is 19.0 Å². The standard InChI is InChI=1S/C25H32N6O5/c1-3-4-11-30-20(32)17(19(26)27)21(33)31(23(30)35)14-7-9-24(10-8-14)12-25(13-24)18-15(28-22(25)34)5-6-16(29-18)36-2/h5-6,14H,3-4,7-13,26-27H2,1-2H3,(H,28,34). The second-order valence-corrected chi connectivity index (χ2v) is 10.5. The lowest BCUT2D eigenvalue weighted by molar-refractivity contribution is -0.139.